The Morgan fingerprint density at radius 1 is 1.60 bits per heavy atom. The van der Waals surface area contributed by atoms with Crippen LogP contribution in [0.15, 0.2) is 0 Å². The third-order valence-corrected chi connectivity index (χ3v) is 2.43. The molecule has 0 aromatic carbocycles. The number of ketones is 1. The molecule has 1 saturated carbocycles. The van der Waals surface area contributed by atoms with E-state index >= 15 is 0 Å². The molecule has 0 radical (unpaired) electrons. The fourth-order valence-corrected chi connectivity index (χ4v) is 1.74. The van der Waals surface area contributed by atoms with Gasteiger partial charge in [0.1, 0.15) is 6.61 Å². The first-order valence-corrected chi connectivity index (χ1v) is 3.89. The number of rotatable bonds is 2. The molecule has 0 spiro atoms. The zero-order valence-corrected chi connectivity index (χ0v) is 6.34. The van der Waals surface area contributed by atoms with E-state index in [2.05, 4.69) is 6.92 Å². The Kier molecular flexibility index (Phi) is 2.44. The van der Waals surface area contributed by atoms with Crippen molar-refractivity contribution in [1.82, 2.24) is 0 Å². The quantitative estimate of drug-likeness (QED) is 0.624. The third-order valence-electron chi connectivity index (χ3n) is 2.43. The lowest BCUT2D eigenvalue weighted by Crippen LogP contribution is -2.19. The number of aliphatic hydroxyl groups is 1. The minimum atomic E-state index is -0.269. The van der Waals surface area contributed by atoms with Crippen LogP contribution in [-0.4, -0.2) is 17.5 Å². The molecular weight excluding hydrogens is 128 g/mol. The first kappa shape index (κ1) is 7.73. The van der Waals surface area contributed by atoms with Crippen LogP contribution in [0.2, 0.25) is 0 Å². The lowest BCUT2D eigenvalue weighted by Gasteiger charge is -2.10. The molecule has 1 fully saturated rings. The highest BCUT2D eigenvalue weighted by atomic mass is 16.3. The first-order valence-electron chi connectivity index (χ1n) is 3.89. The Balaban J connectivity index is 2.46. The number of carbonyl (C=O) groups is 1. The predicted octanol–water partition coefficient (Wildman–Crippen LogP) is 0.984. The average Bonchev–Trinajstić information content (AvgIpc) is 2.34. The maximum absolute atomic E-state index is 11.0. The molecule has 2 atom stereocenters. The molecule has 0 saturated heterocycles. The molecule has 0 amide bonds. The van der Waals surface area contributed by atoms with Crippen LogP contribution in [0.25, 0.3) is 0 Å². The van der Waals surface area contributed by atoms with Gasteiger partial charge in [-0.05, 0) is 18.8 Å². The van der Waals surface area contributed by atoms with E-state index in [1.165, 1.54) is 0 Å². The van der Waals surface area contributed by atoms with E-state index in [1.807, 2.05) is 0 Å². The van der Waals surface area contributed by atoms with Crippen molar-refractivity contribution in [1.29, 1.82) is 0 Å². The predicted molar refractivity (Wildman–Crippen MR) is 38.6 cm³/mol. The zero-order chi connectivity index (χ0) is 7.56. The molecule has 1 aliphatic carbocycles. The molecule has 2 unspecified atom stereocenters. The van der Waals surface area contributed by atoms with Crippen LogP contribution >= 0.6 is 0 Å². The molecular formula is C8H14O2. The summed E-state index contributed by atoms with van der Waals surface area (Å²) in [6.07, 6.45) is 3.29. The molecule has 1 aliphatic rings. The summed E-state index contributed by atoms with van der Waals surface area (Å²) in [6, 6.07) is 0. The van der Waals surface area contributed by atoms with Crippen LogP contribution in [0.1, 0.15) is 26.2 Å². The molecule has 2 nitrogen and oxygen atoms in total. The third kappa shape index (κ3) is 1.37. The first-order chi connectivity index (χ1) is 4.75. The summed E-state index contributed by atoms with van der Waals surface area (Å²) in [5.41, 5.74) is 0. The molecule has 0 aromatic rings. The second-order valence-electron chi connectivity index (χ2n) is 3.14. The lowest BCUT2D eigenvalue weighted by molar-refractivity contribution is -0.126. The van der Waals surface area contributed by atoms with Crippen LogP contribution in [-0.2, 0) is 4.79 Å². The van der Waals surface area contributed by atoms with E-state index in [0.29, 0.717) is 5.92 Å². The summed E-state index contributed by atoms with van der Waals surface area (Å²) in [5.74, 6) is 0.689. The number of carbonyl (C=O) groups excluding carboxylic acids is 1. The van der Waals surface area contributed by atoms with Gasteiger partial charge in [-0.2, -0.15) is 0 Å². The molecule has 10 heavy (non-hydrogen) atoms. The standard InChI is InChI=1S/C8H14O2/c1-6-3-2-4-7(6)8(10)5-9/h6-7,9H,2-5H2,1H3. The lowest BCUT2D eigenvalue weighted by atomic mass is 9.94. The Bertz CT molecular complexity index is 131. The van der Waals surface area contributed by atoms with Gasteiger partial charge in [0.25, 0.3) is 0 Å². The van der Waals surface area contributed by atoms with Crippen LogP contribution < -0.4 is 0 Å². The molecule has 0 aliphatic heterocycles. The highest BCUT2D eigenvalue weighted by molar-refractivity contribution is 5.82. The van der Waals surface area contributed by atoms with Gasteiger partial charge in [-0.15, -0.1) is 0 Å². The van der Waals surface area contributed by atoms with Crippen LogP contribution in [0, 0.1) is 11.8 Å². The van der Waals surface area contributed by atoms with Gasteiger partial charge in [-0.1, -0.05) is 13.3 Å². The van der Waals surface area contributed by atoms with Crippen molar-refractivity contribution in [3.8, 4) is 0 Å². The summed E-state index contributed by atoms with van der Waals surface area (Å²) < 4.78 is 0. The van der Waals surface area contributed by atoms with Crippen LogP contribution in [0.5, 0.6) is 0 Å². The zero-order valence-electron chi connectivity index (χ0n) is 6.34. The van der Waals surface area contributed by atoms with Crippen molar-refractivity contribution in [2.24, 2.45) is 11.8 Å². The van der Waals surface area contributed by atoms with E-state index < -0.39 is 0 Å². The van der Waals surface area contributed by atoms with E-state index in [-0.39, 0.29) is 18.3 Å². The van der Waals surface area contributed by atoms with Gasteiger partial charge in [0, 0.05) is 5.92 Å². The molecule has 58 valence electrons. The summed E-state index contributed by atoms with van der Waals surface area (Å²) in [4.78, 5) is 11.0. The Labute approximate surface area is 61.2 Å². The van der Waals surface area contributed by atoms with Crippen molar-refractivity contribution < 1.29 is 9.90 Å². The van der Waals surface area contributed by atoms with E-state index in [4.69, 9.17) is 5.11 Å². The maximum Gasteiger partial charge on any atom is 0.161 e. The van der Waals surface area contributed by atoms with Crippen LogP contribution in [0.3, 0.4) is 0 Å². The van der Waals surface area contributed by atoms with Gasteiger partial charge < -0.3 is 5.11 Å². The van der Waals surface area contributed by atoms with Crippen molar-refractivity contribution in [2.75, 3.05) is 6.61 Å². The Hall–Kier alpha value is -0.370. The Morgan fingerprint density at radius 2 is 2.30 bits per heavy atom. The smallest absolute Gasteiger partial charge is 0.161 e. The van der Waals surface area contributed by atoms with Crippen molar-refractivity contribution in [3.05, 3.63) is 0 Å². The number of hydrogen-bond acceptors (Lipinski definition) is 2. The van der Waals surface area contributed by atoms with E-state index in [0.717, 1.165) is 19.3 Å². The van der Waals surface area contributed by atoms with E-state index in [9.17, 15) is 4.79 Å². The SMILES string of the molecule is CC1CCCC1C(=O)CO. The van der Waals surface area contributed by atoms with E-state index in [1.54, 1.807) is 0 Å². The molecule has 0 aromatic heterocycles. The molecule has 1 rings (SSSR count). The summed E-state index contributed by atoms with van der Waals surface area (Å²) >= 11 is 0. The summed E-state index contributed by atoms with van der Waals surface area (Å²) in [6.45, 7) is 1.82. The fourth-order valence-electron chi connectivity index (χ4n) is 1.74. The van der Waals surface area contributed by atoms with Gasteiger partial charge in [0.05, 0.1) is 0 Å². The summed E-state index contributed by atoms with van der Waals surface area (Å²) in [7, 11) is 0. The topological polar surface area (TPSA) is 37.3 Å². The summed E-state index contributed by atoms with van der Waals surface area (Å²) in [5, 5.41) is 8.56. The molecule has 0 heterocycles. The molecule has 1 N–H and O–H groups in total. The minimum absolute atomic E-state index is 0.0324. The van der Waals surface area contributed by atoms with Crippen molar-refractivity contribution >= 4 is 5.78 Å². The van der Waals surface area contributed by atoms with Crippen LogP contribution in [0.4, 0.5) is 0 Å². The van der Waals surface area contributed by atoms with Gasteiger partial charge in [-0.25, -0.2) is 0 Å². The van der Waals surface area contributed by atoms with Gasteiger partial charge in [0.15, 0.2) is 5.78 Å². The second-order valence-corrected chi connectivity index (χ2v) is 3.14. The number of hydrogen-bond donors (Lipinski definition) is 1. The maximum atomic E-state index is 11.0. The Morgan fingerprint density at radius 3 is 2.70 bits per heavy atom. The second kappa shape index (κ2) is 3.15. The van der Waals surface area contributed by atoms with Gasteiger partial charge in [0.2, 0.25) is 0 Å². The number of aliphatic hydroxyl groups excluding tert-OH is 1. The fraction of sp³-hybridized carbons (Fsp3) is 0.875. The largest absolute Gasteiger partial charge is 0.389 e. The molecule has 2 heteroatoms. The molecule has 0 bridgehead atoms. The van der Waals surface area contributed by atoms with Gasteiger partial charge >= 0.3 is 0 Å². The monoisotopic (exact) mass is 142 g/mol. The van der Waals surface area contributed by atoms with Crippen molar-refractivity contribution in [3.63, 3.8) is 0 Å². The van der Waals surface area contributed by atoms with Gasteiger partial charge in [-0.3, -0.25) is 4.79 Å². The number of Topliss-reactive ketones (excluding diaryl/α,β-unsaturated/α-hetero) is 1. The normalized spacial score (nSPS) is 32.6. The van der Waals surface area contributed by atoms with Crippen molar-refractivity contribution in [2.45, 2.75) is 26.2 Å². The average molecular weight is 142 g/mol. The minimum Gasteiger partial charge on any atom is -0.389 e. The highest BCUT2D eigenvalue weighted by Crippen LogP contribution is 2.31. The highest BCUT2D eigenvalue weighted by Gasteiger charge is 2.28.